The molecule has 0 aliphatic carbocycles. The van der Waals surface area contributed by atoms with Crippen LogP contribution < -0.4 is 9.46 Å². The van der Waals surface area contributed by atoms with Crippen LogP contribution in [-0.4, -0.2) is 28.6 Å². The summed E-state index contributed by atoms with van der Waals surface area (Å²) < 4.78 is 37.1. The molecule has 0 atom stereocenters. The number of methoxy groups -OCH3 is 2. The summed E-state index contributed by atoms with van der Waals surface area (Å²) in [6.45, 7) is 0. The lowest BCUT2D eigenvalue weighted by molar-refractivity contribution is 0.0601. The molecule has 0 bridgehead atoms. The van der Waals surface area contributed by atoms with Crippen molar-refractivity contribution in [1.29, 1.82) is 0 Å². The Kier molecular flexibility index (Phi) is 6.05. The summed E-state index contributed by atoms with van der Waals surface area (Å²) in [6, 6.07) is 6.64. The first-order valence-corrected chi connectivity index (χ1v) is 9.25. The monoisotopic (exact) mass is 423 g/mol. The van der Waals surface area contributed by atoms with E-state index in [1.807, 2.05) is 0 Å². The topological polar surface area (TPSA) is 81.7 Å². The van der Waals surface area contributed by atoms with E-state index in [1.165, 1.54) is 44.6 Å². The number of nitrogens with one attached hydrogen (secondary N) is 1. The van der Waals surface area contributed by atoms with E-state index in [-0.39, 0.29) is 37.0 Å². The highest BCUT2D eigenvalue weighted by Crippen LogP contribution is 2.37. The standard InChI is InChI=1S/C15H12Cl3NO5S/c1-23-11-5-6-12(14(18)13(11)17)25(21,22)19-10-7-8(15(20)24-2)3-4-9(10)16/h3-7,19H,1-2H3. The SMILES string of the molecule is COC(=O)c1ccc(Cl)c(NS(=O)(=O)c2ccc(OC)c(Cl)c2Cl)c1. The largest absolute Gasteiger partial charge is 0.495 e. The molecule has 0 aliphatic heterocycles. The number of carbonyl (C=O) groups is 1. The van der Waals surface area contributed by atoms with Crippen LogP contribution in [0, 0.1) is 0 Å². The van der Waals surface area contributed by atoms with Crippen molar-refractivity contribution in [2.75, 3.05) is 18.9 Å². The minimum absolute atomic E-state index is 0.00688. The molecule has 0 heterocycles. The summed E-state index contributed by atoms with van der Waals surface area (Å²) in [6.07, 6.45) is 0. The van der Waals surface area contributed by atoms with E-state index in [9.17, 15) is 13.2 Å². The van der Waals surface area contributed by atoms with Gasteiger partial charge in [0.15, 0.2) is 0 Å². The summed E-state index contributed by atoms with van der Waals surface area (Å²) in [5.74, 6) is -0.404. The number of benzene rings is 2. The Morgan fingerprint density at radius 2 is 1.72 bits per heavy atom. The lowest BCUT2D eigenvalue weighted by atomic mass is 10.2. The minimum atomic E-state index is -4.12. The van der Waals surface area contributed by atoms with E-state index in [4.69, 9.17) is 39.5 Å². The number of carbonyl (C=O) groups excluding carboxylic acids is 1. The number of anilines is 1. The number of hydrogen-bond donors (Lipinski definition) is 1. The van der Waals surface area contributed by atoms with Gasteiger partial charge in [0.05, 0.1) is 35.5 Å². The van der Waals surface area contributed by atoms with Crippen LogP contribution in [0.15, 0.2) is 35.2 Å². The molecule has 1 N–H and O–H groups in total. The van der Waals surface area contributed by atoms with Crippen LogP contribution in [0.3, 0.4) is 0 Å². The minimum Gasteiger partial charge on any atom is -0.495 e. The molecule has 0 aliphatic rings. The molecule has 0 spiro atoms. The molecule has 134 valence electrons. The zero-order chi connectivity index (χ0) is 18.8. The molecule has 0 unspecified atom stereocenters. The third-order valence-electron chi connectivity index (χ3n) is 3.15. The fourth-order valence-corrected chi connectivity index (χ4v) is 4.06. The van der Waals surface area contributed by atoms with Gasteiger partial charge in [-0.15, -0.1) is 0 Å². The molecule has 0 saturated heterocycles. The van der Waals surface area contributed by atoms with E-state index in [0.29, 0.717) is 0 Å². The Balaban J connectivity index is 2.46. The van der Waals surface area contributed by atoms with Gasteiger partial charge in [0, 0.05) is 0 Å². The van der Waals surface area contributed by atoms with Crippen LogP contribution in [0.2, 0.25) is 15.1 Å². The average Bonchev–Trinajstić information content (AvgIpc) is 2.58. The van der Waals surface area contributed by atoms with E-state index >= 15 is 0 Å². The number of hydrogen-bond acceptors (Lipinski definition) is 5. The van der Waals surface area contributed by atoms with Crippen LogP contribution in [0.1, 0.15) is 10.4 Å². The van der Waals surface area contributed by atoms with Crippen molar-refractivity contribution in [3.63, 3.8) is 0 Å². The summed E-state index contributed by atoms with van der Waals surface area (Å²) in [7, 11) is -1.54. The number of rotatable bonds is 5. The van der Waals surface area contributed by atoms with Crippen LogP contribution in [0.4, 0.5) is 5.69 Å². The van der Waals surface area contributed by atoms with Gasteiger partial charge in [0.2, 0.25) is 0 Å². The van der Waals surface area contributed by atoms with E-state index in [2.05, 4.69) is 9.46 Å². The van der Waals surface area contributed by atoms with Crippen LogP contribution in [0.5, 0.6) is 5.75 Å². The highest BCUT2D eigenvalue weighted by Gasteiger charge is 2.23. The molecule has 0 radical (unpaired) electrons. The lowest BCUT2D eigenvalue weighted by Crippen LogP contribution is -2.14. The number of ether oxygens (including phenoxy) is 2. The van der Waals surface area contributed by atoms with Gasteiger partial charge in [-0.2, -0.15) is 0 Å². The zero-order valence-corrected chi connectivity index (χ0v) is 16.1. The van der Waals surface area contributed by atoms with Gasteiger partial charge in [0.25, 0.3) is 10.0 Å². The number of esters is 1. The predicted molar refractivity (Wildman–Crippen MR) is 96.6 cm³/mol. The summed E-state index contributed by atoms with van der Waals surface area (Å²) in [4.78, 5) is 11.3. The Labute approximate surface area is 159 Å². The van der Waals surface area contributed by atoms with Crippen LogP contribution >= 0.6 is 34.8 Å². The van der Waals surface area contributed by atoms with Crippen molar-refractivity contribution in [3.8, 4) is 5.75 Å². The maximum atomic E-state index is 12.6. The van der Waals surface area contributed by atoms with E-state index in [0.717, 1.165) is 0 Å². The molecule has 10 heteroatoms. The van der Waals surface area contributed by atoms with Crippen LogP contribution in [-0.2, 0) is 14.8 Å². The predicted octanol–water partition coefficient (Wildman–Crippen LogP) is 4.24. The second-order valence-corrected chi connectivity index (χ2v) is 7.50. The second-order valence-electron chi connectivity index (χ2n) is 4.69. The fourth-order valence-electron chi connectivity index (χ4n) is 1.93. The van der Waals surface area contributed by atoms with Crippen molar-refractivity contribution in [2.24, 2.45) is 0 Å². The molecule has 2 aromatic rings. The third kappa shape index (κ3) is 4.12. The average molecular weight is 425 g/mol. The maximum absolute atomic E-state index is 12.6. The smallest absolute Gasteiger partial charge is 0.337 e. The van der Waals surface area contributed by atoms with Gasteiger partial charge in [-0.25, -0.2) is 13.2 Å². The molecule has 25 heavy (non-hydrogen) atoms. The first-order valence-electron chi connectivity index (χ1n) is 6.64. The first kappa shape index (κ1) is 19.7. The molecule has 0 saturated carbocycles. The molecule has 0 amide bonds. The van der Waals surface area contributed by atoms with E-state index in [1.54, 1.807) is 0 Å². The van der Waals surface area contributed by atoms with Gasteiger partial charge in [-0.1, -0.05) is 34.8 Å². The number of sulfonamides is 1. The first-order chi connectivity index (χ1) is 11.7. The molecule has 2 rings (SSSR count). The fraction of sp³-hybridized carbons (Fsp3) is 0.133. The van der Waals surface area contributed by atoms with Gasteiger partial charge in [0.1, 0.15) is 15.7 Å². The van der Waals surface area contributed by atoms with E-state index < -0.39 is 16.0 Å². The number of halogens is 3. The Hall–Kier alpha value is -1.67. The highest BCUT2D eigenvalue weighted by molar-refractivity contribution is 7.92. The Morgan fingerprint density at radius 1 is 1.04 bits per heavy atom. The van der Waals surface area contributed by atoms with Gasteiger partial charge >= 0.3 is 5.97 Å². The normalized spacial score (nSPS) is 11.1. The second kappa shape index (κ2) is 7.70. The molecular formula is C15H12Cl3NO5S. The van der Waals surface area contributed by atoms with Gasteiger partial charge in [-0.05, 0) is 30.3 Å². The summed E-state index contributed by atoms with van der Waals surface area (Å²) >= 11 is 18.0. The van der Waals surface area contributed by atoms with Crippen LogP contribution in [0.25, 0.3) is 0 Å². The zero-order valence-electron chi connectivity index (χ0n) is 13.0. The molecular weight excluding hydrogens is 413 g/mol. The molecule has 0 aromatic heterocycles. The van der Waals surface area contributed by atoms with Crippen molar-refractivity contribution in [3.05, 3.63) is 51.0 Å². The lowest BCUT2D eigenvalue weighted by Gasteiger charge is -2.13. The summed E-state index contributed by atoms with van der Waals surface area (Å²) in [5.41, 5.74) is 0.121. The Morgan fingerprint density at radius 3 is 2.32 bits per heavy atom. The van der Waals surface area contributed by atoms with Crippen molar-refractivity contribution < 1.29 is 22.7 Å². The van der Waals surface area contributed by atoms with Gasteiger partial charge in [-0.3, -0.25) is 4.72 Å². The van der Waals surface area contributed by atoms with Crippen molar-refractivity contribution >= 4 is 56.5 Å². The van der Waals surface area contributed by atoms with Crippen molar-refractivity contribution in [1.82, 2.24) is 0 Å². The van der Waals surface area contributed by atoms with Gasteiger partial charge < -0.3 is 9.47 Å². The maximum Gasteiger partial charge on any atom is 0.337 e. The highest BCUT2D eigenvalue weighted by atomic mass is 35.5. The quantitative estimate of drug-likeness (QED) is 0.726. The molecule has 2 aromatic carbocycles. The summed E-state index contributed by atoms with van der Waals surface area (Å²) in [5, 5.41) is -0.151. The molecule has 0 fully saturated rings. The Bertz CT molecular complexity index is 931. The molecule has 6 nitrogen and oxygen atoms in total. The van der Waals surface area contributed by atoms with Crippen molar-refractivity contribution in [2.45, 2.75) is 4.90 Å². The third-order valence-corrected chi connectivity index (χ3v) is 5.87.